The van der Waals surface area contributed by atoms with Crippen LogP contribution in [0.15, 0.2) is 18.2 Å². The van der Waals surface area contributed by atoms with E-state index in [-0.39, 0.29) is 5.72 Å². The van der Waals surface area contributed by atoms with Gasteiger partial charge in [0.1, 0.15) is 0 Å². The predicted molar refractivity (Wildman–Crippen MR) is 54.8 cm³/mol. The summed E-state index contributed by atoms with van der Waals surface area (Å²) < 4.78 is 5.78. The summed E-state index contributed by atoms with van der Waals surface area (Å²) in [5, 5.41) is 0. The van der Waals surface area contributed by atoms with E-state index < -0.39 is 0 Å². The number of nitrogen functional groups attached to an aromatic ring is 1. The standard InChI is InChI=1S/C11H14N2O/c1-8-6-9(2-3-10(8)12)11-7-13(11)4-5-14-11/h2-3,6H,4-5,7,12H2,1H3. The molecule has 2 fully saturated rings. The SMILES string of the molecule is Cc1cc(C23CN2CCO3)ccc1N. The average molecular weight is 190 g/mol. The molecule has 74 valence electrons. The molecular weight excluding hydrogens is 176 g/mol. The Kier molecular flexibility index (Phi) is 1.47. The molecule has 2 aliphatic rings. The highest BCUT2D eigenvalue weighted by Crippen LogP contribution is 2.47. The lowest BCUT2D eigenvalue weighted by Crippen LogP contribution is -2.12. The lowest BCUT2D eigenvalue weighted by atomic mass is 10.1. The van der Waals surface area contributed by atoms with Crippen molar-refractivity contribution in [1.82, 2.24) is 4.90 Å². The second kappa shape index (κ2) is 2.49. The number of hydrogen-bond acceptors (Lipinski definition) is 3. The Hall–Kier alpha value is -1.06. The van der Waals surface area contributed by atoms with Crippen molar-refractivity contribution in [1.29, 1.82) is 0 Å². The number of nitrogens with two attached hydrogens (primary N) is 1. The van der Waals surface area contributed by atoms with Gasteiger partial charge in [-0.25, -0.2) is 0 Å². The van der Waals surface area contributed by atoms with Gasteiger partial charge in [-0.15, -0.1) is 0 Å². The summed E-state index contributed by atoms with van der Waals surface area (Å²) in [4.78, 5) is 2.35. The summed E-state index contributed by atoms with van der Waals surface area (Å²) in [5.41, 5.74) is 8.95. The van der Waals surface area contributed by atoms with Crippen molar-refractivity contribution in [3.63, 3.8) is 0 Å². The first-order valence-electron chi connectivity index (χ1n) is 4.98. The van der Waals surface area contributed by atoms with Crippen molar-refractivity contribution in [2.24, 2.45) is 0 Å². The molecule has 3 nitrogen and oxygen atoms in total. The summed E-state index contributed by atoms with van der Waals surface area (Å²) in [6.45, 7) is 4.99. The van der Waals surface area contributed by atoms with E-state index in [9.17, 15) is 0 Å². The first-order valence-corrected chi connectivity index (χ1v) is 4.98. The van der Waals surface area contributed by atoms with Crippen molar-refractivity contribution in [2.45, 2.75) is 12.6 Å². The van der Waals surface area contributed by atoms with Gasteiger partial charge in [-0.1, -0.05) is 6.07 Å². The molecule has 2 unspecified atom stereocenters. The van der Waals surface area contributed by atoms with Gasteiger partial charge < -0.3 is 10.5 Å². The van der Waals surface area contributed by atoms with Crippen molar-refractivity contribution in [2.75, 3.05) is 25.4 Å². The number of morpholine rings is 1. The maximum absolute atomic E-state index is 5.79. The Morgan fingerprint density at radius 1 is 1.50 bits per heavy atom. The molecule has 0 aromatic heterocycles. The smallest absolute Gasteiger partial charge is 0.160 e. The van der Waals surface area contributed by atoms with Gasteiger partial charge in [0.15, 0.2) is 5.72 Å². The van der Waals surface area contributed by atoms with Crippen molar-refractivity contribution < 1.29 is 4.74 Å². The van der Waals surface area contributed by atoms with Crippen molar-refractivity contribution in [3.05, 3.63) is 29.3 Å². The van der Waals surface area contributed by atoms with E-state index in [2.05, 4.69) is 17.0 Å². The second-order valence-electron chi connectivity index (χ2n) is 4.13. The monoisotopic (exact) mass is 190 g/mol. The van der Waals surface area contributed by atoms with Gasteiger partial charge >= 0.3 is 0 Å². The molecule has 0 saturated carbocycles. The van der Waals surface area contributed by atoms with Crippen LogP contribution in [0.1, 0.15) is 11.1 Å². The first-order chi connectivity index (χ1) is 6.72. The van der Waals surface area contributed by atoms with Gasteiger partial charge in [0, 0.05) is 24.3 Å². The minimum Gasteiger partial charge on any atom is -0.399 e. The van der Waals surface area contributed by atoms with Crippen LogP contribution in [0.3, 0.4) is 0 Å². The van der Waals surface area contributed by atoms with E-state index in [4.69, 9.17) is 10.5 Å². The molecule has 14 heavy (non-hydrogen) atoms. The number of nitrogens with zero attached hydrogens (tertiary/aromatic N) is 1. The van der Waals surface area contributed by atoms with E-state index in [1.54, 1.807) is 0 Å². The molecule has 0 radical (unpaired) electrons. The fourth-order valence-electron chi connectivity index (χ4n) is 2.22. The van der Waals surface area contributed by atoms with Crippen LogP contribution in [-0.4, -0.2) is 24.6 Å². The molecule has 0 bridgehead atoms. The van der Waals surface area contributed by atoms with Crippen LogP contribution in [0.5, 0.6) is 0 Å². The van der Waals surface area contributed by atoms with E-state index in [0.717, 1.165) is 30.9 Å². The molecule has 3 rings (SSSR count). The first kappa shape index (κ1) is 8.26. The number of benzene rings is 1. The number of ether oxygens (including phenoxy) is 1. The van der Waals surface area contributed by atoms with Crippen LogP contribution >= 0.6 is 0 Å². The highest BCUT2D eigenvalue weighted by atomic mass is 16.5. The molecule has 2 aliphatic heterocycles. The molecule has 0 spiro atoms. The Balaban J connectivity index is 2.01. The quantitative estimate of drug-likeness (QED) is 0.532. The zero-order valence-electron chi connectivity index (χ0n) is 8.29. The van der Waals surface area contributed by atoms with E-state index in [0.29, 0.717) is 0 Å². The van der Waals surface area contributed by atoms with E-state index in [1.165, 1.54) is 5.56 Å². The van der Waals surface area contributed by atoms with Crippen LogP contribution in [0.4, 0.5) is 5.69 Å². The van der Waals surface area contributed by atoms with Crippen molar-refractivity contribution >= 4 is 5.69 Å². The Bertz CT molecular complexity index is 391. The van der Waals surface area contributed by atoms with Gasteiger partial charge in [-0.05, 0) is 24.6 Å². The van der Waals surface area contributed by atoms with Gasteiger partial charge in [0.05, 0.1) is 6.61 Å². The number of aryl methyl sites for hydroxylation is 1. The molecular formula is C11H14N2O. The predicted octanol–water partition coefficient (Wildman–Crippen LogP) is 1.08. The van der Waals surface area contributed by atoms with E-state index in [1.807, 2.05) is 13.0 Å². The van der Waals surface area contributed by atoms with Gasteiger partial charge in [0.25, 0.3) is 0 Å². The zero-order chi connectivity index (χ0) is 9.76. The molecule has 0 aliphatic carbocycles. The Labute approximate surface area is 83.5 Å². The van der Waals surface area contributed by atoms with Crippen LogP contribution < -0.4 is 5.73 Å². The summed E-state index contributed by atoms with van der Waals surface area (Å²) in [6.07, 6.45) is 0. The Morgan fingerprint density at radius 2 is 2.36 bits per heavy atom. The molecule has 2 N–H and O–H groups in total. The van der Waals surface area contributed by atoms with Crippen LogP contribution in [-0.2, 0) is 10.5 Å². The lowest BCUT2D eigenvalue weighted by molar-refractivity contribution is 0.0588. The fourth-order valence-corrected chi connectivity index (χ4v) is 2.22. The lowest BCUT2D eigenvalue weighted by Gasteiger charge is -2.12. The highest BCUT2D eigenvalue weighted by molar-refractivity contribution is 5.49. The molecule has 0 amide bonds. The summed E-state index contributed by atoms with van der Waals surface area (Å²) >= 11 is 0. The molecule has 3 heteroatoms. The van der Waals surface area contributed by atoms with Gasteiger partial charge in [-0.3, -0.25) is 4.90 Å². The molecule has 1 aromatic carbocycles. The minimum absolute atomic E-state index is 0.0849. The summed E-state index contributed by atoms with van der Waals surface area (Å²) in [7, 11) is 0. The van der Waals surface area contributed by atoms with Crippen LogP contribution in [0.2, 0.25) is 0 Å². The van der Waals surface area contributed by atoms with Gasteiger partial charge in [0.2, 0.25) is 0 Å². The maximum atomic E-state index is 5.79. The number of rotatable bonds is 1. The Morgan fingerprint density at radius 3 is 2.93 bits per heavy atom. The second-order valence-corrected chi connectivity index (χ2v) is 4.13. The zero-order valence-corrected chi connectivity index (χ0v) is 8.29. The summed E-state index contributed by atoms with van der Waals surface area (Å²) in [5.74, 6) is 0. The maximum Gasteiger partial charge on any atom is 0.160 e. The molecule has 1 aromatic rings. The van der Waals surface area contributed by atoms with Crippen molar-refractivity contribution in [3.8, 4) is 0 Å². The molecule has 2 atom stereocenters. The minimum atomic E-state index is -0.0849. The third-order valence-corrected chi connectivity index (χ3v) is 3.24. The number of anilines is 1. The highest BCUT2D eigenvalue weighted by Gasteiger charge is 2.58. The average Bonchev–Trinajstić information content (AvgIpc) is 2.75. The third-order valence-electron chi connectivity index (χ3n) is 3.24. The van der Waals surface area contributed by atoms with Crippen LogP contribution in [0, 0.1) is 6.92 Å². The van der Waals surface area contributed by atoms with Crippen LogP contribution in [0.25, 0.3) is 0 Å². The molecule has 2 saturated heterocycles. The number of hydrogen-bond donors (Lipinski definition) is 1. The molecule has 2 heterocycles. The topological polar surface area (TPSA) is 38.3 Å². The summed E-state index contributed by atoms with van der Waals surface area (Å²) in [6, 6.07) is 6.19. The number of fused-ring (bicyclic) bond motifs is 1. The third kappa shape index (κ3) is 0.938. The normalized spacial score (nSPS) is 34.2. The van der Waals surface area contributed by atoms with E-state index >= 15 is 0 Å². The van der Waals surface area contributed by atoms with Gasteiger partial charge in [-0.2, -0.15) is 0 Å². The largest absolute Gasteiger partial charge is 0.399 e. The fraction of sp³-hybridized carbons (Fsp3) is 0.455.